The Morgan fingerprint density at radius 1 is 1.29 bits per heavy atom. The van der Waals surface area contributed by atoms with Crippen LogP contribution in [-0.2, 0) is 20.7 Å². The van der Waals surface area contributed by atoms with Crippen LogP contribution in [0.5, 0.6) is 5.75 Å². The van der Waals surface area contributed by atoms with E-state index in [4.69, 9.17) is 14.6 Å². The van der Waals surface area contributed by atoms with Crippen LogP contribution < -0.4 is 0 Å². The molecule has 2 bridgehead atoms. The molecular formula is C17H24N2O5. The lowest BCUT2D eigenvalue weighted by molar-refractivity contribution is -0.133. The van der Waals surface area contributed by atoms with Gasteiger partial charge in [-0.05, 0) is 13.1 Å². The van der Waals surface area contributed by atoms with Crippen molar-refractivity contribution >= 4 is 12.4 Å². The highest BCUT2D eigenvalue weighted by Gasteiger charge is 2.34. The second-order valence-electron chi connectivity index (χ2n) is 6.24. The van der Waals surface area contributed by atoms with Crippen LogP contribution in [0.2, 0.25) is 0 Å². The Balaban J connectivity index is 0.000000647. The molecule has 0 saturated carbocycles. The molecule has 3 rings (SSSR count). The van der Waals surface area contributed by atoms with Crippen LogP contribution in [0.4, 0.5) is 0 Å². The maximum Gasteiger partial charge on any atom is 0.290 e. The third-order valence-electron chi connectivity index (χ3n) is 4.31. The van der Waals surface area contributed by atoms with Crippen LogP contribution in [0.15, 0.2) is 24.3 Å². The fourth-order valence-corrected chi connectivity index (χ4v) is 3.31. The highest BCUT2D eigenvalue weighted by molar-refractivity contribution is 5.80. The molecule has 0 aliphatic carbocycles. The molecule has 24 heavy (non-hydrogen) atoms. The fraction of sp³-hybridized carbons (Fsp3) is 0.529. The zero-order valence-electron chi connectivity index (χ0n) is 13.8. The summed E-state index contributed by atoms with van der Waals surface area (Å²) in [6.07, 6.45) is 0.250. The summed E-state index contributed by atoms with van der Waals surface area (Å²) < 4.78 is 5.69. The van der Waals surface area contributed by atoms with E-state index in [1.807, 2.05) is 11.0 Å². The Morgan fingerprint density at radius 3 is 2.71 bits per heavy atom. The number of amides is 1. The number of aromatic hydroxyl groups is 1. The van der Waals surface area contributed by atoms with Crippen molar-refractivity contribution in [3.05, 3.63) is 29.8 Å². The summed E-state index contributed by atoms with van der Waals surface area (Å²) in [6, 6.07) is 7.16. The molecule has 2 saturated heterocycles. The highest BCUT2D eigenvalue weighted by Crippen LogP contribution is 2.22. The Kier molecular flexibility index (Phi) is 6.57. The first-order valence-electron chi connectivity index (χ1n) is 7.95. The van der Waals surface area contributed by atoms with Gasteiger partial charge in [-0.15, -0.1) is 0 Å². The summed E-state index contributed by atoms with van der Waals surface area (Å²) >= 11 is 0. The summed E-state index contributed by atoms with van der Waals surface area (Å²) in [7, 11) is 2.10. The molecule has 2 aliphatic heterocycles. The van der Waals surface area contributed by atoms with Crippen molar-refractivity contribution in [2.75, 3.05) is 39.9 Å². The Hall–Kier alpha value is -2.12. The Bertz CT molecular complexity index is 566. The third kappa shape index (κ3) is 4.69. The van der Waals surface area contributed by atoms with Crippen LogP contribution in [0.25, 0.3) is 0 Å². The number of hydrogen-bond acceptors (Lipinski definition) is 5. The van der Waals surface area contributed by atoms with Crippen LogP contribution >= 0.6 is 0 Å². The van der Waals surface area contributed by atoms with Gasteiger partial charge in [-0.2, -0.15) is 0 Å². The van der Waals surface area contributed by atoms with E-state index in [2.05, 4.69) is 11.9 Å². The molecule has 0 aromatic heterocycles. The second kappa shape index (κ2) is 8.65. The number of rotatable bonds is 2. The number of ether oxygens (including phenoxy) is 1. The van der Waals surface area contributed by atoms with E-state index in [9.17, 15) is 9.90 Å². The molecule has 2 atom stereocenters. The van der Waals surface area contributed by atoms with Gasteiger partial charge in [-0.25, -0.2) is 0 Å². The molecule has 2 heterocycles. The number of fused-ring (bicyclic) bond motifs is 3. The molecule has 1 aromatic rings. The number of carboxylic acid groups (broad SMARTS) is 1. The molecule has 7 heteroatoms. The molecule has 2 aliphatic rings. The maximum absolute atomic E-state index is 12.7. The number of phenolic OH excluding ortho intramolecular Hbond substituents is 1. The zero-order chi connectivity index (χ0) is 17.5. The summed E-state index contributed by atoms with van der Waals surface area (Å²) in [5.74, 6) is 0.639. The number of phenols is 1. The van der Waals surface area contributed by atoms with E-state index in [1.165, 1.54) is 0 Å². The van der Waals surface area contributed by atoms with Gasteiger partial charge < -0.3 is 24.7 Å². The van der Waals surface area contributed by atoms with E-state index >= 15 is 0 Å². The number of carbonyl (C=O) groups is 2. The van der Waals surface area contributed by atoms with Gasteiger partial charge in [0.2, 0.25) is 5.91 Å². The molecular weight excluding hydrogens is 312 g/mol. The van der Waals surface area contributed by atoms with Crippen molar-refractivity contribution < 1.29 is 24.5 Å². The standard InChI is InChI=1S/C16H22N2O3.CH2O2/c1-17-7-12-8-18(14(9-17)11-21-10-12)16(20)6-13-4-2-3-5-15(13)19;2-1-3/h2-5,12,14,19H,6-11H2,1H3;1H,(H,2,3)/t12-,14-;/m0./s1. The van der Waals surface area contributed by atoms with E-state index in [0.717, 1.165) is 26.2 Å². The van der Waals surface area contributed by atoms with Crippen molar-refractivity contribution in [1.29, 1.82) is 0 Å². The molecule has 0 unspecified atom stereocenters. The van der Waals surface area contributed by atoms with Crippen LogP contribution in [0, 0.1) is 5.92 Å². The first-order valence-corrected chi connectivity index (χ1v) is 7.95. The van der Waals surface area contributed by atoms with Gasteiger partial charge in [0.25, 0.3) is 6.47 Å². The smallest absolute Gasteiger partial charge is 0.290 e. The average molecular weight is 336 g/mol. The number of benzene rings is 1. The van der Waals surface area contributed by atoms with Gasteiger partial charge >= 0.3 is 0 Å². The van der Waals surface area contributed by atoms with Gasteiger partial charge in [0.1, 0.15) is 5.75 Å². The SMILES string of the molecule is CN1C[C@@H]2COC[C@H](C1)N(C(=O)Cc1ccccc1O)C2.O=CO. The van der Waals surface area contributed by atoms with Gasteiger partial charge in [-0.1, -0.05) is 18.2 Å². The Labute approximate surface area is 141 Å². The molecule has 0 radical (unpaired) electrons. The van der Waals surface area contributed by atoms with Gasteiger partial charge in [-0.3, -0.25) is 9.59 Å². The van der Waals surface area contributed by atoms with Gasteiger partial charge in [0.05, 0.1) is 25.7 Å². The molecule has 7 nitrogen and oxygen atoms in total. The lowest BCUT2D eigenvalue weighted by Gasteiger charge is -2.29. The molecule has 0 spiro atoms. The first-order chi connectivity index (χ1) is 11.5. The molecule has 1 aromatic carbocycles. The minimum absolute atomic E-state index is 0.0762. The predicted molar refractivity (Wildman–Crippen MR) is 87.8 cm³/mol. The van der Waals surface area contributed by atoms with E-state index < -0.39 is 0 Å². The number of para-hydroxylation sites is 1. The van der Waals surface area contributed by atoms with Crippen LogP contribution in [0.3, 0.4) is 0 Å². The molecule has 132 valence electrons. The first kappa shape index (κ1) is 18.2. The van der Waals surface area contributed by atoms with Gasteiger partial charge in [0.15, 0.2) is 0 Å². The predicted octanol–water partition coefficient (Wildman–Crippen LogP) is 0.425. The minimum Gasteiger partial charge on any atom is -0.508 e. The van der Waals surface area contributed by atoms with Crippen molar-refractivity contribution in [1.82, 2.24) is 9.80 Å². The van der Waals surface area contributed by atoms with Crippen molar-refractivity contribution in [3.63, 3.8) is 0 Å². The number of nitrogens with zero attached hydrogens (tertiary/aromatic N) is 2. The maximum atomic E-state index is 12.7. The summed E-state index contributed by atoms with van der Waals surface area (Å²) in [5, 5.41) is 16.7. The monoisotopic (exact) mass is 336 g/mol. The van der Waals surface area contributed by atoms with E-state index in [1.54, 1.807) is 18.2 Å². The summed E-state index contributed by atoms with van der Waals surface area (Å²) in [6.45, 7) is 3.65. The summed E-state index contributed by atoms with van der Waals surface area (Å²) in [5.41, 5.74) is 0.690. The van der Waals surface area contributed by atoms with Crippen molar-refractivity contribution in [2.24, 2.45) is 5.92 Å². The van der Waals surface area contributed by atoms with Crippen molar-refractivity contribution in [3.8, 4) is 5.75 Å². The molecule has 1 amide bonds. The number of hydrogen-bond donors (Lipinski definition) is 2. The largest absolute Gasteiger partial charge is 0.508 e. The van der Waals surface area contributed by atoms with Crippen molar-refractivity contribution in [2.45, 2.75) is 12.5 Å². The number of likely N-dealkylation sites (N-methyl/N-ethyl adjacent to an activating group) is 1. The Morgan fingerprint density at radius 2 is 2.00 bits per heavy atom. The number of carbonyl (C=O) groups excluding carboxylic acids is 1. The molecule has 2 fully saturated rings. The second-order valence-corrected chi connectivity index (χ2v) is 6.24. The van der Waals surface area contributed by atoms with Crippen LogP contribution in [0.1, 0.15) is 5.56 Å². The van der Waals surface area contributed by atoms with Crippen LogP contribution in [-0.4, -0.2) is 78.3 Å². The quantitative estimate of drug-likeness (QED) is 0.761. The zero-order valence-corrected chi connectivity index (χ0v) is 13.8. The lowest BCUT2D eigenvalue weighted by atomic mass is 10.1. The van der Waals surface area contributed by atoms with E-state index in [0.29, 0.717) is 18.1 Å². The lowest BCUT2D eigenvalue weighted by Crippen LogP contribution is -2.46. The highest BCUT2D eigenvalue weighted by atomic mass is 16.5. The van der Waals surface area contributed by atoms with Gasteiger partial charge in [0, 0.05) is 31.1 Å². The summed E-state index contributed by atoms with van der Waals surface area (Å²) in [4.78, 5) is 25.3. The van der Waals surface area contributed by atoms with E-state index in [-0.39, 0.29) is 30.6 Å². The third-order valence-corrected chi connectivity index (χ3v) is 4.31. The normalized spacial score (nSPS) is 23.6. The minimum atomic E-state index is -0.250. The molecule has 2 N–H and O–H groups in total. The fourth-order valence-electron chi connectivity index (χ4n) is 3.31. The topological polar surface area (TPSA) is 90.3 Å². The average Bonchev–Trinajstić information content (AvgIpc) is 2.80.